The lowest BCUT2D eigenvalue weighted by Crippen LogP contribution is -2.45. The van der Waals surface area contributed by atoms with Gasteiger partial charge >= 0.3 is 12.0 Å². The summed E-state index contributed by atoms with van der Waals surface area (Å²) in [4.78, 5) is 26.0. The van der Waals surface area contributed by atoms with E-state index in [0.717, 1.165) is 12.8 Å². The number of urea groups is 1. The average Bonchev–Trinajstić information content (AvgIpc) is 2.46. The third-order valence-electron chi connectivity index (χ3n) is 3.26. The van der Waals surface area contributed by atoms with E-state index >= 15 is 0 Å². The van der Waals surface area contributed by atoms with Gasteiger partial charge in [-0.3, -0.25) is 10.1 Å². The third kappa shape index (κ3) is 4.68. The number of rotatable bonds is 2. The van der Waals surface area contributed by atoms with E-state index in [9.17, 15) is 9.59 Å². The van der Waals surface area contributed by atoms with E-state index < -0.39 is 5.60 Å². The first-order valence-corrected chi connectivity index (χ1v) is 7.41. The van der Waals surface area contributed by atoms with Crippen molar-refractivity contribution in [2.75, 3.05) is 18.4 Å². The molecule has 1 N–H and O–H groups in total. The van der Waals surface area contributed by atoms with Gasteiger partial charge in [-0.1, -0.05) is 0 Å². The van der Waals surface area contributed by atoms with Crippen LogP contribution in [-0.2, 0) is 9.53 Å². The lowest BCUT2D eigenvalue weighted by atomic mass is 9.98. The molecule has 1 saturated heterocycles. The number of esters is 1. The van der Waals surface area contributed by atoms with Crippen LogP contribution in [0.25, 0.3) is 0 Å². The molecule has 0 bridgehead atoms. The van der Waals surface area contributed by atoms with Crippen molar-refractivity contribution in [1.29, 1.82) is 0 Å². The standard InChI is InChI=1S/C15H22N4O3/c1-15(2,3)22-13(20)11-6-5-9-19(10-11)14(21)17-12-7-4-8-16-18-12/h4,7-8,11H,5-6,9-10H2,1-3H3,(H,17,18,21). The fourth-order valence-corrected chi connectivity index (χ4v) is 2.30. The van der Waals surface area contributed by atoms with Gasteiger partial charge in [0.25, 0.3) is 0 Å². The molecule has 22 heavy (non-hydrogen) atoms. The number of carbonyl (C=O) groups excluding carboxylic acids is 2. The lowest BCUT2D eigenvalue weighted by Gasteiger charge is -2.33. The molecule has 1 unspecified atom stereocenters. The van der Waals surface area contributed by atoms with E-state index in [2.05, 4.69) is 15.5 Å². The number of anilines is 1. The molecular weight excluding hydrogens is 284 g/mol. The fraction of sp³-hybridized carbons (Fsp3) is 0.600. The SMILES string of the molecule is CC(C)(C)OC(=O)C1CCCN(C(=O)Nc2cccnn2)C1. The van der Waals surface area contributed by atoms with Gasteiger partial charge in [-0.2, -0.15) is 5.10 Å². The number of hydrogen-bond donors (Lipinski definition) is 1. The molecule has 2 amide bonds. The number of nitrogens with zero attached hydrogens (tertiary/aromatic N) is 3. The molecule has 1 aromatic rings. The van der Waals surface area contributed by atoms with Crippen molar-refractivity contribution >= 4 is 17.8 Å². The average molecular weight is 306 g/mol. The van der Waals surface area contributed by atoms with Gasteiger partial charge in [0.1, 0.15) is 5.60 Å². The van der Waals surface area contributed by atoms with Gasteiger partial charge < -0.3 is 9.64 Å². The summed E-state index contributed by atoms with van der Waals surface area (Å²) in [5.41, 5.74) is -0.513. The minimum absolute atomic E-state index is 0.246. The summed E-state index contributed by atoms with van der Waals surface area (Å²) in [6.07, 6.45) is 3.05. The number of ether oxygens (including phenoxy) is 1. The zero-order valence-corrected chi connectivity index (χ0v) is 13.2. The smallest absolute Gasteiger partial charge is 0.323 e. The zero-order chi connectivity index (χ0) is 16.2. The van der Waals surface area contributed by atoms with Gasteiger partial charge in [-0.05, 0) is 45.7 Å². The molecule has 0 spiro atoms. The first kappa shape index (κ1) is 16.2. The highest BCUT2D eigenvalue weighted by Crippen LogP contribution is 2.21. The fourth-order valence-electron chi connectivity index (χ4n) is 2.30. The second-order valence-electron chi connectivity index (χ2n) is 6.36. The molecular formula is C15H22N4O3. The second-order valence-corrected chi connectivity index (χ2v) is 6.36. The van der Waals surface area contributed by atoms with Crippen LogP contribution in [0.2, 0.25) is 0 Å². The Kier molecular flexibility index (Phi) is 4.95. The summed E-state index contributed by atoms with van der Waals surface area (Å²) in [5, 5.41) is 10.2. The normalized spacial score (nSPS) is 18.7. The molecule has 1 fully saturated rings. The Hall–Kier alpha value is -2.18. The monoisotopic (exact) mass is 306 g/mol. The Morgan fingerprint density at radius 3 is 2.82 bits per heavy atom. The van der Waals surface area contributed by atoms with Crippen LogP contribution in [0.3, 0.4) is 0 Å². The van der Waals surface area contributed by atoms with Gasteiger partial charge in [0.05, 0.1) is 5.92 Å². The Labute approximate surface area is 130 Å². The molecule has 0 aliphatic carbocycles. The van der Waals surface area contributed by atoms with Crippen LogP contribution in [0.15, 0.2) is 18.3 Å². The van der Waals surface area contributed by atoms with E-state index in [4.69, 9.17) is 4.74 Å². The number of aromatic nitrogens is 2. The molecule has 2 rings (SSSR count). The van der Waals surface area contributed by atoms with Gasteiger partial charge in [0.15, 0.2) is 5.82 Å². The maximum atomic E-state index is 12.2. The molecule has 7 heteroatoms. The maximum Gasteiger partial charge on any atom is 0.323 e. The van der Waals surface area contributed by atoms with E-state index in [-0.39, 0.29) is 17.9 Å². The largest absolute Gasteiger partial charge is 0.460 e. The third-order valence-corrected chi connectivity index (χ3v) is 3.26. The van der Waals surface area contributed by atoms with Gasteiger partial charge in [0.2, 0.25) is 0 Å². The van der Waals surface area contributed by atoms with Crippen LogP contribution >= 0.6 is 0 Å². The van der Waals surface area contributed by atoms with Crippen molar-refractivity contribution in [3.63, 3.8) is 0 Å². The van der Waals surface area contributed by atoms with Crippen molar-refractivity contribution in [3.05, 3.63) is 18.3 Å². The number of carbonyl (C=O) groups is 2. The molecule has 0 saturated carbocycles. The number of piperidine rings is 1. The van der Waals surface area contributed by atoms with Crippen LogP contribution in [0.5, 0.6) is 0 Å². The quantitative estimate of drug-likeness (QED) is 0.845. The van der Waals surface area contributed by atoms with Crippen molar-refractivity contribution < 1.29 is 14.3 Å². The highest BCUT2D eigenvalue weighted by molar-refractivity contribution is 5.88. The van der Waals surface area contributed by atoms with E-state index in [0.29, 0.717) is 18.9 Å². The lowest BCUT2D eigenvalue weighted by molar-refractivity contribution is -0.161. The topological polar surface area (TPSA) is 84.4 Å². The van der Waals surface area contributed by atoms with Crippen LogP contribution in [0, 0.1) is 5.92 Å². The first-order chi connectivity index (χ1) is 10.3. The predicted octanol–water partition coefficient (Wildman–Crippen LogP) is 2.06. The number of amides is 2. The Bertz CT molecular complexity index is 527. The van der Waals surface area contributed by atoms with E-state index in [1.807, 2.05) is 20.8 Å². The minimum atomic E-state index is -0.513. The Balaban J connectivity index is 1.92. The van der Waals surface area contributed by atoms with Crippen LogP contribution < -0.4 is 5.32 Å². The first-order valence-electron chi connectivity index (χ1n) is 7.41. The summed E-state index contributed by atoms with van der Waals surface area (Å²) in [5.74, 6) is -0.128. The summed E-state index contributed by atoms with van der Waals surface area (Å²) in [6.45, 7) is 6.50. The van der Waals surface area contributed by atoms with Crippen molar-refractivity contribution in [1.82, 2.24) is 15.1 Å². The highest BCUT2D eigenvalue weighted by atomic mass is 16.6. The Morgan fingerprint density at radius 2 is 2.18 bits per heavy atom. The van der Waals surface area contributed by atoms with E-state index in [1.165, 1.54) is 6.20 Å². The molecule has 1 atom stereocenters. The molecule has 1 aromatic heterocycles. The number of likely N-dealkylation sites (tertiary alicyclic amines) is 1. The second kappa shape index (κ2) is 6.72. The molecule has 2 heterocycles. The van der Waals surface area contributed by atoms with Gasteiger partial charge in [-0.25, -0.2) is 4.79 Å². The van der Waals surface area contributed by atoms with Crippen LogP contribution in [-0.4, -0.2) is 45.8 Å². The molecule has 0 radical (unpaired) electrons. The molecule has 120 valence electrons. The van der Waals surface area contributed by atoms with Crippen molar-refractivity contribution in [3.8, 4) is 0 Å². The summed E-state index contributed by atoms with van der Waals surface area (Å²) in [6, 6.07) is 3.09. The van der Waals surface area contributed by atoms with Crippen LogP contribution in [0.4, 0.5) is 10.6 Å². The maximum absolute atomic E-state index is 12.2. The van der Waals surface area contributed by atoms with E-state index in [1.54, 1.807) is 17.0 Å². The summed E-state index contributed by atoms with van der Waals surface area (Å²) in [7, 11) is 0. The number of hydrogen-bond acceptors (Lipinski definition) is 5. The van der Waals surface area contributed by atoms with Crippen molar-refractivity contribution in [2.24, 2.45) is 5.92 Å². The van der Waals surface area contributed by atoms with Crippen molar-refractivity contribution in [2.45, 2.75) is 39.2 Å². The summed E-state index contributed by atoms with van der Waals surface area (Å²) < 4.78 is 5.40. The molecule has 0 aromatic carbocycles. The number of nitrogens with one attached hydrogen (secondary N) is 1. The Morgan fingerprint density at radius 1 is 1.41 bits per heavy atom. The molecule has 7 nitrogen and oxygen atoms in total. The molecule has 1 aliphatic rings. The minimum Gasteiger partial charge on any atom is -0.460 e. The predicted molar refractivity (Wildman–Crippen MR) is 81.2 cm³/mol. The van der Waals surface area contributed by atoms with Crippen LogP contribution in [0.1, 0.15) is 33.6 Å². The highest BCUT2D eigenvalue weighted by Gasteiger charge is 2.31. The van der Waals surface area contributed by atoms with Gasteiger partial charge in [0, 0.05) is 19.3 Å². The zero-order valence-electron chi connectivity index (χ0n) is 13.2. The molecule has 1 aliphatic heterocycles. The van der Waals surface area contributed by atoms with Gasteiger partial charge in [-0.15, -0.1) is 5.10 Å². The summed E-state index contributed by atoms with van der Waals surface area (Å²) >= 11 is 0.